The summed E-state index contributed by atoms with van der Waals surface area (Å²) in [6, 6.07) is 2.27. The zero-order valence-corrected chi connectivity index (χ0v) is 36.9. The van der Waals surface area contributed by atoms with Gasteiger partial charge < -0.3 is 49.2 Å². The van der Waals surface area contributed by atoms with Crippen LogP contribution in [-0.4, -0.2) is 141 Å². The number of anilines is 1. The second kappa shape index (κ2) is 21.3. The van der Waals surface area contributed by atoms with Gasteiger partial charge in [0.05, 0.1) is 38.4 Å². The first-order chi connectivity index (χ1) is 29.2. The van der Waals surface area contributed by atoms with Gasteiger partial charge in [-0.3, -0.25) is 34.1 Å². The van der Waals surface area contributed by atoms with Crippen LogP contribution in [0.2, 0.25) is 5.02 Å². The summed E-state index contributed by atoms with van der Waals surface area (Å²) < 4.78 is 29.1. The molecule has 62 heavy (non-hydrogen) atoms. The number of nitrogens with one attached hydrogen (secondary N) is 3. The van der Waals surface area contributed by atoms with E-state index in [9.17, 15) is 38.7 Å². The van der Waals surface area contributed by atoms with Crippen LogP contribution in [0, 0.1) is 5.92 Å². The first-order valence-corrected chi connectivity index (χ1v) is 20.3. The summed E-state index contributed by atoms with van der Waals surface area (Å²) in [5, 5.41) is 19.1. The van der Waals surface area contributed by atoms with Crippen LogP contribution < -0.4 is 31.5 Å². The van der Waals surface area contributed by atoms with Crippen LogP contribution in [0.1, 0.15) is 58.9 Å². The number of nitrogens with zero attached hydrogens (tertiary/aromatic N) is 2. The Balaban J connectivity index is 1.57. The van der Waals surface area contributed by atoms with Crippen LogP contribution in [-0.2, 0) is 59.0 Å². The molecule has 4 bridgehead atoms. The van der Waals surface area contributed by atoms with Crippen molar-refractivity contribution in [3.05, 3.63) is 46.5 Å². The average Bonchev–Trinajstić information content (AvgIpc) is 3.93. The summed E-state index contributed by atoms with van der Waals surface area (Å²) >= 11 is 6.76. The number of nitrogens with two attached hydrogens (primary N) is 1. The SMILES string of the molecule is COc1cc2cc(c1Cl)N(C)C(=O)CC(OC(=O)C(C)N(C)C(=O)CNC(=O)CCC(=O)CNC(=O)CON)C1(C)OC1C(C)C1CC(O)(NC(=O)O1)C(OC)/C=C/C=C(\C)C2. The molecule has 2 fully saturated rings. The maximum atomic E-state index is 14.2. The summed E-state index contributed by atoms with van der Waals surface area (Å²) in [6.07, 6.45) is -0.279. The lowest BCUT2D eigenvalue weighted by atomic mass is 9.83. The van der Waals surface area contributed by atoms with Gasteiger partial charge in [0.1, 0.15) is 47.3 Å². The van der Waals surface area contributed by atoms with Gasteiger partial charge in [-0.05, 0) is 44.9 Å². The van der Waals surface area contributed by atoms with Gasteiger partial charge in [0.15, 0.2) is 11.5 Å². The fourth-order valence-electron chi connectivity index (χ4n) is 7.27. The number of fused-ring (bicyclic) bond motifs is 5. The molecule has 4 rings (SSSR count). The van der Waals surface area contributed by atoms with E-state index in [-0.39, 0.29) is 30.8 Å². The number of allylic oxidation sites excluding steroid dienone is 3. The molecule has 0 aliphatic carbocycles. The van der Waals surface area contributed by atoms with Gasteiger partial charge in [-0.15, -0.1) is 0 Å². The van der Waals surface area contributed by atoms with Gasteiger partial charge >= 0.3 is 12.1 Å². The third kappa shape index (κ3) is 12.3. The number of ether oxygens (including phenoxy) is 5. The molecule has 8 atom stereocenters. The van der Waals surface area contributed by atoms with Crippen molar-refractivity contribution in [2.45, 2.75) is 102 Å². The van der Waals surface area contributed by atoms with Crippen LogP contribution in [0.5, 0.6) is 5.75 Å². The first kappa shape index (κ1) is 49.5. The van der Waals surface area contributed by atoms with Crippen molar-refractivity contribution in [2.75, 3.05) is 52.9 Å². The number of hydrogen-bond donors (Lipinski definition) is 5. The van der Waals surface area contributed by atoms with Gasteiger partial charge in [-0.1, -0.05) is 42.3 Å². The summed E-state index contributed by atoms with van der Waals surface area (Å²) in [6.45, 7) is 5.39. The third-order valence-electron chi connectivity index (χ3n) is 11.3. The summed E-state index contributed by atoms with van der Waals surface area (Å²) in [4.78, 5) is 96.6. The average molecular weight is 893 g/mol. The highest BCUT2D eigenvalue weighted by molar-refractivity contribution is 6.35. The molecule has 0 radical (unpaired) electrons. The van der Waals surface area contributed by atoms with Crippen LogP contribution in [0.15, 0.2) is 35.9 Å². The number of Topliss-reactive ketones (excluding diaryl/α,β-unsaturated/α-hetero) is 1. The number of epoxide rings is 1. The van der Waals surface area contributed by atoms with Crippen molar-refractivity contribution < 1.29 is 67.2 Å². The number of methoxy groups -OCH3 is 2. The fraction of sp³-hybridized carbons (Fsp3) is 0.585. The predicted octanol–water partition coefficient (Wildman–Crippen LogP) is 0.987. The first-order valence-electron chi connectivity index (χ1n) is 19.9. The van der Waals surface area contributed by atoms with E-state index in [1.807, 2.05) is 13.0 Å². The number of aliphatic hydroxyl groups is 1. The molecule has 3 aliphatic rings. The van der Waals surface area contributed by atoms with Crippen molar-refractivity contribution in [1.82, 2.24) is 20.9 Å². The van der Waals surface area contributed by atoms with Crippen LogP contribution in [0.4, 0.5) is 10.5 Å². The van der Waals surface area contributed by atoms with E-state index < -0.39 is 109 Å². The monoisotopic (exact) mass is 892 g/mol. The molecule has 5 amide bonds. The lowest BCUT2D eigenvalue weighted by molar-refractivity contribution is -0.161. The molecule has 0 saturated carbocycles. The number of likely N-dealkylation sites (N-methyl/N-ethyl adjacent to an activating group) is 1. The Morgan fingerprint density at radius 1 is 1.13 bits per heavy atom. The molecule has 20 nitrogen and oxygen atoms in total. The maximum absolute atomic E-state index is 14.2. The van der Waals surface area contributed by atoms with E-state index in [1.54, 1.807) is 38.1 Å². The molecule has 2 saturated heterocycles. The lowest BCUT2D eigenvalue weighted by Gasteiger charge is -2.42. The number of esters is 1. The minimum Gasteiger partial charge on any atom is -0.495 e. The third-order valence-corrected chi connectivity index (χ3v) is 11.7. The molecule has 8 unspecified atom stereocenters. The maximum Gasteiger partial charge on any atom is 0.409 e. The normalized spacial score (nSPS) is 28.1. The molecule has 6 N–H and O–H groups in total. The van der Waals surface area contributed by atoms with Gasteiger partial charge in [0, 0.05) is 46.4 Å². The minimum absolute atomic E-state index is 0.113. The Morgan fingerprint density at radius 3 is 2.48 bits per heavy atom. The van der Waals surface area contributed by atoms with Crippen molar-refractivity contribution in [3.63, 3.8) is 0 Å². The highest BCUT2D eigenvalue weighted by atomic mass is 35.5. The number of hydrogen-bond acceptors (Lipinski definition) is 15. The molecule has 0 aromatic heterocycles. The minimum atomic E-state index is -1.89. The predicted molar refractivity (Wildman–Crippen MR) is 221 cm³/mol. The lowest BCUT2D eigenvalue weighted by Crippen LogP contribution is -2.63. The van der Waals surface area contributed by atoms with Gasteiger partial charge in [0.25, 0.3) is 0 Å². The Hall–Kier alpha value is -5.12. The molecule has 1 aromatic rings. The summed E-state index contributed by atoms with van der Waals surface area (Å²) in [7, 11) is 5.70. The van der Waals surface area contributed by atoms with Crippen LogP contribution >= 0.6 is 11.6 Å². The number of alkyl carbamates (subject to hydrolysis) is 1. The zero-order valence-electron chi connectivity index (χ0n) is 36.1. The number of carbonyl (C=O) groups is 7. The number of halogens is 1. The number of rotatable bonds is 14. The molecular formula is C41H57ClN6O14. The Labute approximate surface area is 364 Å². The number of carbonyl (C=O) groups excluding carboxylic acids is 7. The Bertz CT molecular complexity index is 1950. The Morgan fingerprint density at radius 2 is 1.82 bits per heavy atom. The molecular weight excluding hydrogens is 836 g/mol. The highest BCUT2D eigenvalue weighted by Crippen LogP contribution is 2.49. The molecule has 3 aliphatic heterocycles. The zero-order chi connectivity index (χ0) is 46.1. The van der Waals surface area contributed by atoms with Crippen molar-refractivity contribution in [1.29, 1.82) is 0 Å². The number of ketones is 1. The van der Waals surface area contributed by atoms with Crippen molar-refractivity contribution in [2.24, 2.45) is 11.8 Å². The molecule has 1 aromatic carbocycles. The van der Waals surface area contributed by atoms with Gasteiger partial charge in [-0.2, -0.15) is 0 Å². The molecule has 0 spiro atoms. The number of amides is 5. The van der Waals surface area contributed by atoms with Crippen LogP contribution in [0.25, 0.3) is 0 Å². The molecule has 342 valence electrons. The van der Waals surface area contributed by atoms with Crippen molar-refractivity contribution in [3.8, 4) is 5.75 Å². The van der Waals surface area contributed by atoms with Crippen LogP contribution in [0.3, 0.4) is 0 Å². The fourth-order valence-corrected chi connectivity index (χ4v) is 7.58. The van der Waals surface area contributed by atoms with Gasteiger partial charge in [-0.25, -0.2) is 15.5 Å². The van der Waals surface area contributed by atoms with E-state index in [2.05, 4.69) is 20.8 Å². The van der Waals surface area contributed by atoms with Gasteiger partial charge in [0.2, 0.25) is 23.6 Å². The van der Waals surface area contributed by atoms with Crippen molar-refractivity contribution >= 4 is 58.8 Å². The van der Waals surface area contributed by atoms with E-state index in [4.69, 9.17) is 41.2 Å². The number of benzene rings is 1. The second-order valence-electron chi connectivity index (χ2n) is 15.8. The summed E-state index contributed by atoms with van der Waals surface area (Å²) in [5.41, 5.74) is -1.25. The highest BCUT2D eigenvalue weighted by Gasteiger charge is 2.64. The summed E-state index contributed by atoms with van der Waals surface area (Å²) in [5.74, 6) is 0.765. The van der Waals surface area contributed by atoms with E-state index in [0.29, 0.717) is 17.9 Å². The standard InChI is InChI=1S/C41H57ClN6O14/c1-22-10-9-11-30(58-8)41(56)18-29(60-39(55)46-41)23(2)37-40(4,62-37)31(17-34(52)48(6)27-15-25(14-22)16-28(57-7)36(27)42)61-38(54)24(3)47(5)35(53)20-45-32(50)13-12-26(49)19-44-33(51)21-59-43/h9-11,15-16,23-24,29-31,37,56H,12-14,17-21,43H2,1-8H3,(H,44,51)(H,45,50)(H,46,55)/b11-9+,22-10+. The Kier molecular flexibility index (Phi) is 17.0. The van der Waals surface area contributed by atoms with E-state index >= 15 is 0 Å². The topological polar surface area (TPSA) is 267 Å². The van der Waals surface area contributed by atoms with E-state index in [0.717, 1.165) is 16.0 Å². The smallest absolute Gasteiger partial charge is 0.409 e. The second-order valence-corrected chi connectivity index (χ2v) is 16.2. The quantitative estimate of drug-likeness (QED) is 0.0991. The largest absolute Gasteiger partial charge is 0.495 e. The molecule has 21 heteroatoms. The van der Waals surface area contributed by atoms with E-state index in [1.165, 1.54) is 40.1 Å². The molecule has 3 heterocycles.